The molecule has 0 saturated heterocycles. The number of hydrogen-bond donors (Lipinski definition) is 0. The molecule has 0 atom stereocenters. The number of carbonyl (C=O) groups excluding carboxylic acids is 2. The normalized spacial score (nSPS) is 20.6. The SMILES string of the molecule is CCOc1cc(C2C3=C(CC(C)(C)CC3=O)N(C)C3=C2C(=O)CC(C)(C)C3)ccc1OCc1cccc(Cl)c1. The molecule has 0 spiro atoms. The highest BCUT2D eigenvalue weighted by atomic mass is 35.5. The third kappa shape index (κ3) is 5.38. The third-order valence-corrected chi connectivity index (χ3v) is 8.30. The van der Waals surface area contributed by atoms with Gasteiger partial charge in [-0.2, -0.15) is 0 Å². The van der Waals surface area contributed by atoms with Gasteiger partial charge < -0.3 is 14.4 Å². The summed E-state index contributed by atoms with van der Waals surface area (Å²) in [5.74, 6) is 1.07. The highest BCUT2D eigenvalue weighted by Crippen LogP contribution is 2.54. The van der Waals surface area contributed by atoms with Gasteiger partial charge in [0, 0.05) is 53.4 Å². The fraction of sp³-hybridized carbons (Fsp3) is 0.455. The summed E-state index contributed by atoms with van der Waals surface area (Å²) in [6, 6.07) is 13.4. The highest BCUT2D eigenvalue weighted by molar-refractivity contribution is 6.30. The van der Waals surface area contributed by atoms with Crippen LogP contribution in [-0.2, 0) is 16.2 Å². The van der Waals surface area contributed by atoms with Crippen molar-refractivity contribution in [2.24, 2.45) is 10.8 Å². The van der Waals surface area contributed by atoms with Crippen molar-refractivity contribution >= 4 is 23.2 Å². The van der Waals surface area contributed by atoms with E-state index in [1.165, 1.54) is 0 Å². The lowest BCUT2D eigenvalue weighted by molar-refractivity contribution is -0.119. The molecule has 206 valence electrons. The zero-order valence-electron chi connectivity index (χ0n) is 23.8. The summed E-state index contributed by atoms with van der Waals surface area (Å²) >= 11 is 6.15. The van der Waals surface area contributed by atoms with Crippen LogP contribution in [-0.4, -0.2) is 30.1 Å². The van der Waals surface area contributed by atoms with Gasteiger partial charge in [-0.3, -0.25) is 9.59 Å². The molecule has 0 amide bonds. The number of rotatable bonds is 6. The molecule has 0 unspecified atom stereocenters. The zero-order chi connectivity index (χ0) is 28.1. The van der Waals surface area contributed by atoms with E-state index < -0.39 is 5.92 Å². The summed E-state index contributed by atoms with van der Waals surface area (Å²) in [7, 11) is 2.03. The molecule has 1 heterocycles. The molecular formula is C33H38ClNO4. The largest absolute Gasteiger partial charge is 0.490 e. The first-order valence-electron chi connectivity index (χ1n) is 13.8. The second kappa shape index (κ2) is 10.2. The molecule has 5 nitrogen and oxygen atoms in total. The monoisotopic (exact) mass is 547 g/mol. The maximum absolute atomic E-state index is 13.8. The Morgan fingerprint density at radius 3 is 2.03 bits per heavy atom. The Balaban J connectivity index is 1.60. The van der Waals surface area contributed by atoms with E-state index in [1.807, 2.05) is 56.4 Å². The van der Waals surface area contributed by atoms with Gasteiger partial charge in [0.25, 0.3) is 0 Å². The molecule has 2 aromatic rings. The first kappa shape index (κ1) is 27.5. The van der Waals surface area contributed by atoms with Gasteiger partial charge in [0.05, 0.1) is 6.61 Å². The van der Waals surface area contributed by atoms with E-state index >= 15 is 0 Å². The predicted octanol–water partition coefficient (Wildman–Crippen LogP) is 7.63. The van der Waals surface area contributed by atoms with Crippen molar-refractivity contribution in [3.63, 3.8) is 0 Å². The smallest absolute Gasteiger partial charge is 0.162 e. The second-order valence-electron chi connectivity index (χ2n) is 12.7. The van der Waals surface area contributed by atoms with Crippen LogP contribution in [0.25, 0.3) is 0 Å². The lowest BCUT2D eigenvalue weighted by atomic mass is 9.64. The molecule has 2 aromatic carbocycles. The Hall–Kier alpha value is -3.05. The number of ether oxygens (including phenoxy) is 2. The number of hydrogen-bond acceptors (Lipinski definition) is 5. The van der Waals surface area contributed by atoms with Crippen LogP contribution in [0.1, 0.15) is 77.3 Å². The van der Waals surface area contributed by atoms with E-state index in [4.69, 9.17) is 21.1 Å². The molecule has 39 heavy (non-hydrogen) atoms. The van der Waals surface area contributed by atoms with Gasteiger partial charge in [-0.1, -0.05) is 57.5 Å². The van der Waals surface area contributed by atoms with Crippen molar-refractivity contribution in [3.8, 4) is 11.5 Å². The van der Waals surface area contributed by atoms with Gasteiger partial charge >= 0.3 is 0 Å². The first-order chi connectivity index (χ1) is 18.4. The van der Waals surface area contributed by atoms with Gasteiger partial charge in [0.15, 0.2) is 23.1 Å². The molecule has 5 rings (SSSR count). The molecule has 0 aromatic heterocycles. The highest BCUT2D eigenvalue weighted by Gasteiger charge is 2.48. The van der Waals surface area contributed by atoms with Gasteiger partial charge in [0.2, 0.25) is 0 Å². The Kier molecular flexibility index (Phi) is 7.17. The second-order valence-corrected chi connectivity index (χ2v) is 13.1. The molecule has 0 N–H and O–H groups in total. The van der Waals surface area contributed by atoms with E-state index in [-0.39, 0.29) is 22.4 Å². The number of ketones is 2. The van der Waals surface area contributed by atoms with Gasteiger partial charge in [-0.25, -0.2) is 0 Å². The van der Waals surface area contributed by atoms with Crippen molar-refractivity contribution in [1.29, 1.82) is 0 Å². The molecule has 1 aliphatic heterocycles. The van der Waals surface area contributed by atoms with E-state index in [2.05, 4.69) is 32.6 Å². The fourth-order valence-electron chi connectivity index (χ4n) is 6.38. The summed E-state index contributed by atoms with van der Waals surface area (Å²) in [5.41, 5.74) is 5.21. The number of halogens is 1. The quantitative estimate of drug-likeness (QED) is 0.372. The Bertz CT molecular complexity index is 1350. The van der Waals surface area contributed by atoms with Crippen LogP contribution in [0.15, 0.2) is 65.0 Å². The number of nitrogens with zero attached hydrogens (tertiary/aromatic N) is 1. The van der Waals surface area contributed by atoms with E-state index in [0.717, 1.165) is 46.5 Å². The fourth-order valence-corrected chi connectivity index (χ4v) is 6.59. The van der Waals surface area contributed by atoms with Crippen LogP contribution in [0.4, 0.5) is 0 Å². The lowest BCUT2D eigenvalue weighted by Crippen LogP contribution is -2.43. The molecule has 6 heteroatoms. The maximum atomic E-state index is 13.8. The van der Waals surface area contributed by atoms with Crippen molar-refractivity contribution < 1.29 is 19.1 Å². The summed E-state index contributed by atoms with van der Waals surface area (Å²) in [6.45, 7) is 11.3. The van der Waals surface area contributed by atoms with E-state index in [9.17, 15) is 9.59 Å². The molecule has 0 radical (unpaired) electrons. The number of carbonyl (C=O) groups is 2. The molecule has 0 bridgehead atoms. The van der Waals surface area contributed by atoms with E-state index in [0.29, 0.717) is 42.6 Å². The number of benzene rings is 2. The maximum Gasteiger partial charge on any atom is 0.162 e. The van der Waals surface area contributed by atoms with Gasteiger partial charge in [-0.05, 0) is 66.0 Å². The third-order valence-electron chi connectivity index (χ3n) is 8.06. The number of allylic oxidation sites excluding steroid dienone is 4. The van der Waals surface area contributed by atoms with Crippen molar-refractivity contribution in [3.05, 3.63) is 81.2 Å². The van der Waals surface area contributed by atoms with Crippen LogP contribution in [0.2, 0.25) is 5.02 Å². The van der Waals surface area contributed by atoms with Crippen LogP contribution in [0.5, 0.6) is 11.5 Å². The molecule has 0 saturated carbocycles. The Morgan fingerprint density at radius 2 is 1.46 bits per heavy atom. The standard InChI is InChI=1S/C33H38ClNO4/c1-7-38-28-14-21(11-12-27(28)39-19-20-9-8-10-22(34)13-20)29-30-23(15-32(2,3)17-25(30)36)35(6)24-16-33(4,5)18-26(37)31(24)29/h8-14,29H,7,15-19H2,1-6H3. The molecular weight excluding hydrogens is 510 g/mol. The number of Topliss-reactive ketones (excluding diaryl/α,β-unsaturated/α-hetero) is 2. The average Bonchev–Trinajstić information content (AvgIpc) is 2.83. The molecule has 2 aliphatic carbocycles. The first-order valence-corrected chi connectivity index (χ1v) is 14.2. The Labute approximate surface area is 236 Å². The lowest BCUT2D eigenvalue weighted by Gasteiger charge is -2.47. The predicted molar refractivity (Wildman–Crippen MR) is 154 cm³/mol. The van der Waals surface area contributed by atoms with E-state index in [1.54, 1.807) is 0 Å². The summed E-state index contributed by atoms with van der Waals surface area (Å²) in [4.78, 5) is 29.7. The topological polar surface area (TPSA) is 55.8 Å². The Morgan fingerprint density at radius 1 is 0.846 bits per heavy atom. The van der Waals surface area contributed by atoms with Crippen molar-refractivity contribution in [1.82, 2.24) is 4.90 Å². The summed E-state index contributed by atoms with van der Waals surface area (Å²) in [5, 5.41) is 0.660. The molecule has 3 aliphatic rings. The summed E-state index contributed by atoms with van der Waals surface area (Å²) in [6.07, 6.45) is 2.53. The average molecular weight is 548 g/mol. The zero-order valence-corrected chi connectivity index (χ0v) is 24.6. The van der Waals surface area contributed by atoms with Crippen LogP contribution >= 0.6 is 11.6 Å². The van der Waals surface area contributed by atoms with Crippen LogP contribution in [0, 0.1) is 10.8 Å². The van der Waals surface area contributed by atoms with Gasteiger partial charge in [0.1, 0.15) is 6.61 Å². The summed E-state index contributed by atoms with van der Waals surface area (Å²) < 4.78 is 12.2. The minimum absolute atomic E-state index is 0.126. The van der Waals surface area contributed by atoms with Crippen LogP contribution in [0.3, 0.4) is 0 Å². The van der Waals surface area contributed by atoms with Crippen LogP contribution < -0.4 is 9.47 Å². The minimum Gasteiger partial charge on any atom is -0.490 e. The van der Waals surface area contributed by atoms with Gasteiger partial charge in [-0.15, -0.1) is 0 Å². The molecule has 0 fully saturated rings. The minimum atomic E-state index is -0.403. The van der Waals surface area contributed by atoms with Crippen molar-refractivity contribution in [2.45, 2.75) is 72.8 Å². The van der Waals surface area contributed by atoms with Crippen molar-refractivity contribution in [2.75, 3.05) is 13.7 Å².